The minimum Gasteiger partial charge on any atom is -0.373 e. The zero-order valence-corrected chi connectivity index (χ0v) is 12.4. The zero-order valence-electron chi connectivity index (χ0n) is 10.8. The Labute approximate surface area is 122 Å². The standard InChI is InChI=1S/C14H18ClNO2S/c15-8-10-9-16(5-6-18-10)14(17)12-2-1-3-13-11(12)4-7-19-13/h4,7,10,12H,1-3,5-6,8-9H2. The van der Waals surface area contributed by atoms with E-state index in [0.29, 0.717) is 25.6 Å². The van der Waals surface area contributed by atoms with Crippen LogP contribution in [0.5, 0.6) is 0 Å². The van der Waals surface area contributed by atoms with Crippen molar-refractivity contribution in [3.63, 3.8) is 0 Å². The first-order valence-electron chi connectivity index (χ1n) is 6.82. The van der Waals surface area contributed by atoms with Crippen molar-refractivity contribution in [1.82, 2.24) is 4.90 Å². The number of hydrogen-bond donors (Lipinski definition) is 0. The molecule has 0 bridgehead atoms. The number of morpholine rings is 1. The normalized spacial score (nSPS) is 27.1. The van der Waals surface area contributed by atoms with E-state index in [1.54, 1.807) is 11.3 Å². The predicted molar refractivity (Wildman–Crippen MR) is 77.0 cm³/mol. The van der Waals surface area contributed by atoms with Crippen molar-refractivity contribution < 1.29 is 9.53 Å². The summed E-state index contributed by atoms with van der Waals surface area (Å²) in [5.41, 5.74) is 1.26. The van der Waals surface area contributed by atoms with Gasteiger partial charge in [0, 0.05) is 18.0 Å². The number of thiophene rings is 1. The Kier molecular flexibility index (Phi) is 4.10. The van der Waals surface area contributed by atoms with Crippen LogP contribution in [0.2, 0.25) is 0 Å². The van der Waals surface area contributed by atoms with E-state index < -0.39 is 0 Å². The summed E-state index contributed by atoms with van der Waals surface area (Å²) in [4.78, 5) is 16.0. The van der Waals surface area contributed by atoms with Gasteiger partial charge in [0.05, 0.1) is 24.5 Å². The summed E-state index contributed by atoms with van der Waals surface area (Å²) in [5.74, 6) is 0.778. The van der Waals surface area contributed by atoms with Crippen molar-refractivity contribution in [2.45, 2.75) is 31.3 Å². The fourth-order valence-corrected chi connectivity index (χ4v) is 4.15. The largest absolute Gasteiger partial charge is 0.373 e. The summed E-state index contributed by atoms with van der Waals surface area (Å²) in [6, 6.07) is 2.13. The molecular weight excluding hydrogens is 282 g/mol. The maximum absolute atomic E-state index is 12.7. The number of aryl methyl sites for hydroxylation is 1. The Bertz CT molecular complexity index is 462. The number of rotatable bonds is 2. The van der Waals surface area contributed by atoms with Gasteiger partial charge in [-0.05, 0) is 36.3 Å². The van der Waals surface area contributed by atoms with Gasteiger partial charge in [0.15, 0.2) is 0 Å². The number of alkyl halides is 1. The quantitative estimate of drug-likeness (QED) is 0.786. The monoisotopic (exact) mass is 299 g/mol. The summed E-state index contributed by atoms with van der Waals surface area (Å²) < 4.78 is 5.53. The fourth-order valence-electron chi connectivity index (χ4n) is 2.98. The molecule has 1 amide bonds. The molecule has 1 saturated heterocycles. The molecule has 2 aliphatic rings. The second-order valence-corrected chi connectivity index (χ2v) is 6.48. The molecule has 2 heterocycles. The fraction of sp³-hybridized carbons (Fsp3) is 0.643. The molecule has 1 aliphatic carbocycles. The highest BCUT2D eigenvalue weighted by Crippen LogP contribution is 2.36. The first kappa shape index (κ1) is 13.4. The van der Waals surface area contributed by atoms with Gasteiger partial charge in [-0.1, -0.05) is 0 Å². The van der Waals surface area contributed by atoms with Gasteiger partial charge in [0.25, 0.3) is 0 Å². The second-order valence-electron chi connectivity index (χ2n) is 5.18. The molecule has 1 aliphatic heterocycles. The van der Waals surface area contributed by atoms with Gasteiger partial charge < -0.3 is 9.64 Å². The average molecular weight is 300 g/mol. The van der Waals surface area contributed by atoms with Crippen molar-refractivity contribution in [2.75, 3.05) is 25.6 Å². The van der Waals surface area contributed by atoms with Crippen LogP contribution in [0.3, 0.4) is 0 Å². The summed E-state index contributed by atoms with van der Waals surface area (Å²) in [5, 5.41) is 2.11. The van der Waals surface area contributed by atoms with E-state index in [1.807, 2.05) is 4.90 Å². The molecule has 2 unspecified atom stereocenters. The number of hydrogen-bond acceptors (Lipinski definition) is 3. The van der Waals surface area contributed by atoms with Crippen LogP contribution in [0.15, 0.2) is 11.4 Å². The third kappa shape index (κ3) is 2.67. The highest BCUT2D eigenvalue weighted by Gasteiger charge is 2.33. The van der Waals surface area contributed by atoms with Gasteiger partial charge in [0.1, 0.15) is 0 Å². The predicted octanol–water partition coefficient (Wildman–Crippen LogP) is 2.63. The van der Waals surface area contributed by atoms with Crippen LogP contribution in [0.4, 0.5) is 0 Å². The number of carbonyl (C=O) groups excluding carboxylic acids is 1. The number of amides is 1. The van der Waals surface area contributed by atoms with E-state index >= 15 is 0 Å². The van der Waals surface area contributed by atoms with E-state index in [0.717, 1.165) is 19.3 Å². The van der Waals surface area contributed by atoms with Gasteiger partial charge in [0.2, 0.25) is 5.91 Å². The van der Waals surface area contributed by atoms with Gasteiger partial charge in [-0.2, -0.15) is 0 Å². The molecule has 1 aromatic heterocycles. The molecule has 1 aromatic rings. The highest BCUT2D eigenvalue weighted by atomic mass is 35.5. The summed E-state index contributed by atoms with van der Waals surface area (Å²) in [6.07, 6.45) is 3.22. The van der Waals surface area contributed by atoms with Crippen molar-refractivity contribution >= 4 is 28.8 Å². The highest BCUT2D eigenvalue weighted by molar-refractivity contribution is 7.10. The van der Waals surface area contributed by atoms with E-state index in [2.05, 4.69) is 11.4 Å². The average Bonchev–Trinajstić information content (AvgIpc) is 2.95. The molecule has 19 heavy (non-hydrogen) atoms. The Morgan fingerprint density at radius 3 is 3.32 bits per heavy atom. The van der Waals surface area contributed by atoms with Crippen LogP contribution >= 0.6 is 22.9 Å². The van der Waals surface area contributed by atoms with Crippen molar-refractivity contribution in [2.24, 2.45) is 0 Å². The van der Waals surface area contributed by atoms with Gasteiger partial charge in [-0.3, -0.25) is 4.79 Å². The van der Waals surface area contributed by atoms with Crippen LogP contribution in [-0.2, 0) is 16.0 Å². The first-order chi connectivity index (χ1) is 9.29. The lowest BCUT2D eigenvalue weighted by Gasteiger charge is -2.35. The molecule has 5 heteroatoms. The van der Waals surface area contributed by atoms with E-state index in [1.165, 1.54) is 10.4 Å². The Morgan fingerprint density at radius 2 is 2.47 bits per heavy atom. The lowest BCUT2D eigenvalue weighted by Crippen LogP contribution is -2.48. The molecule has 0 spiro atoms. The van der Waals surface area contributed by atoms with Crippen LogP contribution < -0.4 is 0 Å². The van der Waals surface area contributed by atoms with Crippen molar-refractivity contribution in [3.8, 4) is 0 Å². The lowest BCUT2D eigenvalue weighted by atomic mass is 9.86. The van der Waals surface area contributed by atoms with E-state index in [-0.39, 0.29) is 17.9 Å². The maximum Gasteiger partial charge on any atom is 0.230 e. The number of carbonyl (C=O) groups is 1. The lowest BCUT2D eigenvalue weighted by molar-refractivity contribution is -0.140. The van der Waals surface area contributed by atoms with E-state index in [9.17, 15) is 4.79 Å². The van der Waals surface area contributed by atoms with Crippen LogP contribution in [0, 0.1) is 0 Å². The van der Waals surface area contributed by atoms with Gasteiger partial charge >= 0.3 is 0 Å². The zero-order chi connectivity index (χ0) is 13.2. The van der Waals surface area contributed by atoms with Crippen LogP contribution in [0.1, 0.15) is 29.2 Å². The summed E-state index contributed by atoms with van der Waals surface area (Å²) >= 11 is 7.62. The Morgan fingerprint density at radius 1 is 1.58 bits per heavy atom. The molecule has 0 aromatic carbocycles. The molecule has 0 radical (unpaired) electrons. The SMILES string of the molecule is O=C(C1CCCc2sccc21)N1CCOC(CCl)C1. The Balaban J connectivity index is 1.74. The first-order valence-corrected chi connectivity index (χ1v) is 8.23. The Hall–Kier alpha value is -0.580. The maximum atomic E-state index is 12.7. The van der Waals surface area contributed by atoms with Gasteiger partial charge in [-0.25, -0.2) is 0 Å². The smallest absolute Gasteiger partial charge is 0.230 e. The number of fused-ring (bicyclic) bond motifs is 1. The third-order valence-electron chi connectivity index (χ3n) is 3.97. The molecule has 3 nitrogen and oxygen atoms in total. The molecule has 2 atom stereocenters. The number of nitrogens with zero attached hydrogens (tertiary/aromatic N) is 1. The van der Waals surface area contributed by atoms with Crippen LogP contribution in [0.25, 0.3) is 0 Å². The van der Waals surface area contributed by atoms with E-state index in [4.69, 9.17) is 16.3 Å². The van der Waals surface area contributed by atoms with Crippen molar-refractivity contribution in [3.05, 3.63) is 21.9 Å². The number of halogens is 1. The van der Waals surface area contributed by atoms with Crippen molar-refractivity contribution in [1.29, 1.82) is 0 Å². The molecule has 0 saturated carbocycles. The topological polar surface area (TPSA) is 29.5 Å². The summed E-state index contributed by atoms with van der Waals surface area (Å²) in [6.45, 7) is 1.94. The molecule has 104 valence electrons. The van der Waals surface area contributed by atoms with Crippen LogP contribution in [-0.4, -0.2) is 42.5 Å². The molecular formula is C14H18ClNO2S. The molecule has 3 rings (SSSR count). The molecule has 1 fully saturated rings. The summed E-state index contributed by atoms with van der Waals surface area (Å²) in [7, 11) is 0. The third-order valence-corrected chi connectivity index (χ3v) is 5.31. The number of ether oxygens (including phenoxy) is 1. The minimum atomic E-state index is -0.00935. The second kappa shape index (κ2) is 5.81. The molecule has 0 N–H and O–H groups in total. The minimum absolute atomic E-state index is 0.00935. The van der Waals surface area contributed by atoms with Gasteiger partial charge in [-0.15, -0.1) is 22.9 Å².